The van der Waals surface area contributed by atoms with Gasteiger partial charge in [0.1, 0.15) is 18.4 Å². The van der Waals surface area contributed by atoms with Crippen LogP contribution in [0.1, 0.15) is 37.8 Å². The zero-order chi connectivity index (χ0) is 29.4. The molecule has 7 nitrogen and oxygen atoms in total. The van der Waals surface area contributed by atoms with Crippen LogP contribution in [0.2, 0.25) is 10.0 Å². The van der Waals surface area contributed by atoms with Crippen molar-refractivity contribution in [3.8, 4) is 0 Å². The van der Waals surface area contributed by atoms with Crippen molar-refractivity contribution >= 4 is 50.7 Å². The van der Waals surface area contributed by atoms with Gasteiger partial charge in [-0.1, -0.05) is 60.8 Å². The summed E-state index contributed by atoms with van der Waals surface area (Å²) in [6.07, 6.45) is 0.949. The van der Waals surface area contributed by atoms with Crippen LogP contribution in [0.4, 0.5) is 10.1 Å². The molecule has 1 atom stereocenters. The SMILES string of the molecule is CCCNC(=O)[C@@H](CC)N(Cc1c(Cl)cccc1Cl)C(=O)CN(c1ccc(F)cc1)S(=O)(=O)c1ccc(C)cc1. The lowest BCUT2D eigenvalue weighted by molar-refractivity contribution is -0.140. The molecule has 3 aromatic rings. The Morgan fingerprint density at radius 2 is 1.55 bits per heavy atom. The maximum atomic E-state index is 14.0. The molecule has 0 heterocycles. The predicted octanol–water partition coefficient (Wildman–Crippen LogP) is 5.97. The molecule has 1 N–H and O–H groups in total. The molecule has 0 unspecified atom stereocenters. The first kappa shape index (κ1) is 31.4. The summed E-state index contributed by atoms with van der Waals surface area (Å²) in [5.41, 5.74) is 1.38. The summed E-state index contributed by atoms with van der Waals surface area (Å²) in [5, 5.41) is 3.42. The molecule has 0 saturated carbocycles. The lowest BCUT2D eigenvalue weighted by Gasteiger charge is -2.33. The topological polar surface area (TPSA) is 86.8 Å². The van der Waals surface area contributed by atoms with E-state index in [1.165, 1.54) is 29.2 Å². The van der Waals surface area contributed by atoms with E-state index >= 15 is 0 Å². The number of nitrogens with one attached hydrogen (secondary N) is 1. The molecular weight excluding hydrogens is 576 g/mol. The fourth-order valence-corrected chi connectivity index (χ4v) is 6.04. The lowest BCUT2D eigenvalue weighted by Crippen LogP contribution is -2.52. The fraction of sp³-hybridized carbons (Fsp3) is 0.310. The molecule has 0 saturated heterocycles. The van der Waals surface area contributed by atoms with Crippen molar-refractivity contribution in [2.45, 2.75) is 51.1 Å². The Morgan fingerprint density at radius 3 is 2.10 bits per heavy atom. The second-order valence-electron chi connectivity index (χ2n) is 9.24. The van der Waals surface area contributed by atoms with Gasteiger partial charge in [0.25, 0.3) is 10.0 Å². The van der Waals surface area contributed by atoms with Crippen LogP contribution in [-0.4, -0.2) is 44.3 Å². The van der Waals surface area contributed by atoms with E-state index < -0.39 is 34.3 Å². The van der Waals surface area contributed by atoms with Crippen LogP contribution in [0.5, 0.6) is 0 Å². The highest BCUT2D eigenvalue weighted by atomic mass is 35.5. The van der Waals surface area contributed by atoms with Crippen LogP contribution in [0.15, 0.2) is 71.6 Å². The van der Waals surface area contributed by atoms with Gasteiger partial charge in [-0.3, -0.25) is 13.9 Å². The molecule has 11 heteroatoms. The van der Waals surface area contributed by atoms with Crippen LogP contribution in [0, 0.1) is 12.7 Å². The highest BCUT2D eigenvalue weighted by molar-refractivity contribution is 7.92. The van der Waals surface area contributed by atoms with E-state index in [1.54, 1.807) is 37.3 Å². The zero-order valence-electron chi connectivity index (χ0n) is 22.5. The summed E-state index contributed by atoms with van der Waals surface area (Å²) >= 11 is 12.8. The molecular formula is C29H32Cl2FN3O4S. The minimum atomic E-state index is -4.26. The number of halogens is 3. The van der Waals surface area contributed by atoms with Crippen molar-refractivity contribution in [2.24, 2.45) is 0 Å². The molecule has 40 heavy (non-hydrogen) atoms. The Morgan fingerprint density at radius 1 is 0.950 bits per heavy atom. The number of anilines is 1. The molecule has 0 aliphatic rings. The van der Waals surface area contributed by atoms with E-state index in [4.69, 9.17) is 23.2 Å². The third-order valence-corrected chi connectivity index (χ3v) is 8.82. The number of hydrogen-bond donors (Lipinski definition) is 1. The standard InChI is InChI=1S/C29H32Cl2FN3O4S/c1-4-17-33-29(37)27(5-2)34(18-24-25(30)7-6-8-26(24)31)28(36)19-35(22-13-11-21(32)12-14-22)40(38,39)23-15-9-20(3)10-16-23/h6-16,27H,4-5,17-19H2,1-3H3,(H,33,37)/t27-/m1/s1. The van der Waals surface area contributed by atoms with Crippen molar-refractivity contribution in [3.63, 3.8) is 0 Å². The fourth-order valence-electron chi connectivity index (χ4n) is 4.11. The first-order valence-corrected chi connectivity index (χ1v) is 15.0. The first-order valence-electron chi connectivity index (χ1n) is 12.8. The van der Waals surface area contributed by atoms with Crippen molar-refractivity contribution in [2.75, 3.05) is 17.4 Å². The van der Waals surface area contributed by atoms with E-state index in [0.29, 0.717) is 28.6 Å². The molecule has 0 aliphatic carbocycles. The summed E-state index contributed by atoms with van der Waals surface area (Å²) in [6, 6.07) is 15.0. The Labute approximate surface area is 244 Å². The second-order valence-corrected chi connectivity index (χ2v) is 11.9. The van der Waals surface area contributed by atoms with Crippen molar-refractivity contribution in [1.29, 1.82) is 0 Å². The smallest absolute Gasteiger partial charge is 0.264 e. The summed E-state index contributed by atoms with van der Waals surface area (Å²) < 4.78 is 42.3. The maximum absolute atomic E-state index is 14.0. The number of carbonyl (C=O) groups excluding carboxylic acids is 2. The van der Waals surface area contributed by atoms with Crippen LogP contribution in [-0.2, 0) is 26.2 Å². The van der Waals surface area contributed by atoms with E-state index in [-0.39, 0.29) is 29.5 Å². The maximum Gasteiger partial charge on any atom is 0.264 e. The third-order valence-electron chi connectivity index (χ3n) is 6.33. The number of nitrogens with zero attached hydrogens (tertiary/aromatic N) is 2. The van der Waals surface area contributed by atoms with Gasteiger partial charge in [-0.15, -0.1) is 0 Å². The highest BCUT2D eigenvalue weighted by Gasteiger charge is 2.34. The molecule has 0 radical (unpaired) electrons. The highest BCUT2D eigenvalue weighted by Crippen LogP contribution is 2.29. The first-order chi connectivity index (χ1) is 19.0. The quantitative estimate of drug-likeness (QED) is 0.275. The van der Waals surface area contributed by atoms with Gasteiger partial charge < -0.3 is 10.2 Å². The summed E-state index contributed by atoms with van der Waals surface area (Å²) in [7, 11) is -4.26. The summed E-state index contributed by atoms with van der Waals surface area (Å²) in [5.74, 6) is -1.60. The molecule has 3 rings (SSSR count). The average Bonchev–Trinajstić information content (AvgIpc) is 2.92. The minimum absolute atomic E-state index is 0.0383. The largest absolute Gasteiger partial charge is 0.354 e. The summed E-state index contributed by atoms with van der Waals surface area (Å²) in [4.78, 5) is 28.4. The number of aryl methyl sites for hydroxylation is 1. The molecule has 2 amide bonds. The van der Waals surface area contributed by atoms with Gasteiger partial charge >= 0.3 is 0 Å². The van der Waals surface area contributed by atoms with Crippen LogP contribution < -0.4 is 9.62 Å². The molecule has 0 fully saturated rings. The summed E-state index contributed by atoms with van der Waals surface area (Å²) in [6.45, 7) is 5.12. The molecule has 0 bridgehead atoms. The van der Waals surface area contributed by atoms with Crippen molar-refractivity contribution < 1.29 is 22.4 Å². The van der Waals surface area contributed by atoms with Gasteiger partial charge in [0.15, 0.2) is 0 Å². The minimum Gasteiger partial charge on any atom is -0.354 e. The number of sulfonamides is 1. The number of benzene rings is 3. The molecule has 3 aromatic carbocycles. The molecule has 214 valence electrons. The van der Waals surface area contributed by atoms with E-state index in [0.717, 1.165) is 22.0 Å². The van der Waals surface area contributed by atoms with Crippen molar-refractivity contribution in [1.82, 2.24) is 10.2 Å². The number of carbonyl (C=O) groups is 2. The Balaban J connectivity index is 2.08. The van der Waals surface area contributed by atoms with Crippen LogP contribution >= 0.6 is 23.2 Å². The van der Waals surface area contributed by atoms with Gasteiger partial charge in [0.2, 0.25) is 11.8 Å². The van der Waals surface area contributed by atoms with Gasteiger partial charge in [0, 0.05) is 28.7 Å². The van der Waals surface area contributed by atoms with Crippen LogP contribution in [0.25, 0.3) is 0 Å². The lowest BCUT2D eigenvalue weighted by atomic mass is 10.1. The normalized spacial score (nSPS) is 12.1. The molecule has 0 aliphatic heterocycles. The number of rotatable bonds is 12. The van der Waals surface area contributed by atoms with Gasteiger partial charge in [-0.25, -0.2) is 12.8 Å². The van der Waals surface area contributed by atoms with E-state index in [2.05, 4.69) is 5.32 Å². The number of amides is 2. The van der Waals surface area contributed by atoms with E-state index in [9.17, 15) is 22.4 Å². The number of hydrogen-bond acceptors (Lipinski definition) is 4. The van der Waals surface area contributed by atoms with Gasteiger partial charge in [-0.05, 0) is 68.3 Å². The Hall–Kier alpha value is -3.14. The monoisotopic (exact) mass is 607 g/mol. The van der Waals surface area contributed by atoms with Crippen molar-refractivity contribution in [3.05, 3.63) is 93.7 Å². The van der Waals surface area contributed by atoms with Gasteiger partial charge in [-0.2, -0.15) is 0 Å². The average molecular weight is 609 g/mol. The van der Waals surface area contributed by atoms with Gasteiger partial charge in [0.05, 0.1) is 10.6 Å². The predicted molar refractivity (Wildman–Crippen MR) is 157 cm³/mol. The van der Waals surface area contributed by atoms with E-state index in [1.807, 2.05) is 13.8 Å². The molecule has 0 spiro atoms. The Bertz CT molecular complexity index is 1410. The van der Waals surface area contributed by atoms with Crippen LogP contribution in [0.3, 0.4) is 0 Å². The molecule has 0 aromatic heterocycles. The Kier molecular flexibility index (Phi) is 11.0. The zero-order valence-corrected chi connectivity index (χ0v) is 24.9. The second kappa shape index (κ2) is 14.0. The third kappa shape index (κ3) is 7.53.